The van der Waals surface area contributed by atoms with Crippen molar-refractivity contribution in [3.63, 3.8) is 0 Å². The van der Waals surface area contributed by atoms with Gasteiger partial charge in [-0.15, -0.1) is 0 Å². The van der Waals surface area contributed by atoms with Crippen molar-refractivity contribution in [2.24, 2.45) is 0 Å². The number of furan rings is 1. The van der Waals surface area contributed by atoms with Gasteiger partial charge in [0.15, 0.2) is 5.76 Å². The van der Waals surface area contributed by atoms with Gasteiger partial charge in [-0.1, -0.05) is 11.6 Å². The molecule has 0 fully saturated rings. The van der Waals surface area contributed by atoms with E-state index in [0.29, 0.717) is 25.3 Å². The second kappa shape index (κ2) is 9.97. The van der Waals surface area contributed by atoms with E-state index in [1.54, 1.807) is 12.1 Å². The largest absolute Gasteiger partial charge is 0.484 e. The van der Waals surface area contributed by atoms with Crippen molar-refractivity contribution in [1.29, 1.82) is 0 Å². The van der Waals surface area contributed by atoms with E-state index in [1.807, 2.05) is 18.5 Å². The molecule has 164 valence electrons. The van der Waals surface area contributed by atoms with Crippen molar-refractivity contribution in [3.8, 4) is 5.75 Å². The summed E-state index contributed by atoms with van der Waals surface area (Å²) < 4.78 is 13.9. The second-order valence-corrected chi connectivity index (χ2v) is 7.94. The fourth-order valence-electron chi connectivity index (χ4n) is 2.85. The Hall–Kier alpha value is -2.85. The van der Waals surface area contributed by atoms with E-state index in [1.165, 1.54) is 18.2 Å². The van der Waals surface area contributed by atoms with Crippen LogP contribution in [0.25, 0.3) is 0 Å². The molecular formula is C20H20BrClN4O5. The fourth-order valence-corrected chi connectivity index (χ4v) is 3.31. The molecule has 0 radical (unpaired) electrons. The maximum absolute atomic E-state index is 12.3. The summed E-state index contributed by atoms with van der Waals surface area (Å²) in [6.45, 7) is 5.03. The van der Waals surface area contributed by atoms with Crippen LogP contribution in [0.5, 0.6) is 5.75 Å². The monoisotopic (exact) mass is 510 g/mol. The van der Waals surface area contributed by atoms with Crippen molar-refractivity contribution in [2.75, 3.05) is 6.54 Å². The Morgan fingerprint density at radius 1 is 1.35 bits per heavy atom. The number of nitrogens with one attached hydrogen (secondary N) is 1. The average Bonchev–Trinajstić information content (AvgIpc) is 3.31. The van der Waals surface area contributed by atoms with E-state index in [4.69, 9.17) is 20.8 Å². The lowest BCUT2D eigenvalue weighted by Crippen LogP contribution is -2.25. The molecular weight excluding hydrogens is 492 g/mol. The van der Waals surface area contributed by atoms with Crippen molar-refractivity contribution < 1.29 is 18.9 Å². The fraction of sp³-hybridized carbons (Fsp3) is 0.300. The van der Waals surface area contributed by atoms with Gasteiger partial charge in [0, 0.05) is 24.8 Å². The molecule has 3 rings (SSSR count). The zero-order valence-corrected chi connectivity index (χ0v) is 19.2. The highest BCUT2D eigenvalue weighted by molar-refractivity contribution is 9.10. The van der Waals surface area contributed by atoms with Crippen molar-refractivity contribution in [3.05, 3.63) is 72.8 Å². The highest BCUT2D eigenvalue weighted by Crippen LogP contribution is 2.29. The van der Waals surface area contributed by atoms with Crippen LogP contribution in [0, 0.1) is 24.0 Å². The average molecular weight is 512 g/mol. The first kappa shape index (κ1) is 22.8. The summed E-state index contributed by atoms with van der Waals surface area (Å²) in [5, 5.41) is 18.4. The SMILES string of the molecule is Cc1nn(CCCNC(=O)c2ccc(COc3cc([N+](=O)[O-])ccc3Cl)o2)c(C)c1Br. The van der Waals surface area contributed by atoms with Crippen LogP contribution in [-0.4, -0.2) is 27.2 Å². The number of nitro groups is 1. The summed E-state index contributed by atoms with van der Waals surface area (Å²) in [6, 6.07) is 7.06. The maximum atomic E-state index is 12.3. The molecule has 9 nitrogen and oxygen atoms in total. The standard InChI is InChI=1S/C20H20BrClN4O5/c1-12-19(21)13(2)25(24-12)9-3-8-23-20(27)17-7-5-15(31-17)11-30-18-10-14(26(28)29)4-6-16(18)22/h4-7,10H,3,8-9,11H2,1-2H3,(H,23,27). The number of aryl methyl sites for hydroxylation is 2. The van der Waals surface area contributed by atoms with Crippen LogP contribution < -0.4 is 10.1 Å². The molecule has 0 aliphatic heterocycles. The Bertz CT molecular complexity index is 1110. The maximum Gasteiger partial charge on any atom is 0.286 e. The molecule has 3 aromatic rings. The molecule has 31 heavy (non-hydrogen) atoms. The van der Waals surface area contributed by atoms with Gasteiger partial charge in [-0.05, 0) is 54.4 Å². The van der Waals surface area contributed by atoms with Crippen LogP contribution in [-0.2, 0) is 13.2 Å². The molecule has 11 heteroatoms. The van der Waals surface area contributed by atoms with Gasteiger partial charge in [0.2, 0.25) is 0 Å². The Morgan fingerprint density at radius 3 is 2.81 bits per heavy atom. The molecule has 2 aromatic heterocycles. The Balaban J connectivity index is 1.49. The molecule has 0 spiro atoms. The molecule has 0 unspecified atom stereocenters. The Kier molecular flexibility index (Phi) is 7.34. The summed E-state index contributed by atoms with van der Waals surface area (Å²) in [7, 11) is 0. The Labute approximate surface area is 191 Å². The molecule has 0 aliphatic carbocycles. The van der Waals surface area contributed by atoms with Crippen LogP contribution in [0.3, 0.4) is 0 Å². The number of nitro benzene ring substituents is 1. The number of nitrogens with zero attached hydrogens (tertiary/aromatic N) is 3. The number of hydrogen-bond donors (Lipinski definition) is 1. The highest BCUT2D eigenvalue weighted by Gasteiger charge is 2.14. The minimum Gasteiger partial charge on any atom is -0.484 e. The smallest absolute Gasteiger partial charge is 0.286 e. The van der Waals surface area contributed by atoms with Gasteiger partial charge in [-0.25, -0.2) is 0 Å². The molecule has 0 saturated heterocycles. The number of benzene rings is 1. The van der Waals surface area contributed by atoms with Gasteiger partial charge in [-0.2, -0.15) is 5.10 Å². The molecule has 0 bridgehead atoms. The summed E-state index contributed by atoms with van der Waals surface area (Å²) in [5.74, 6) is 0.362. The molecule has 2 heterocycles. The van der Waals surface area contributed by atoms with Crippen molar-refractivity contribution in [1.82, 2.24) is 15.1 Å². The zero-order chi connectivity index (χ0) is 22.5. The number of carbonyl (C=O) groups excluding carboxylic acids is 1. The zero-order valence-electron chi connectivity index (χ0n) is 16.9. The van der Waals surface area contributed by atoms with Gasteiger partial charge in [0.1, 0.15) is 18.1 Å². The van der Waals surface area contributed by atoms with Crippen LogP contribution in [0.2, 0.25) is 5.02 Å². The molecule has 0 atom stereocenters. The predicted molar refractivity (Wildman–Crippen MR) is 117 cm³/mol. The lowest BCUT2D eigenvalue weighted by molar-refractivity contribution is -0.384. The quantitative estimate of drug-likeness (QED) is 0.250. The normalized spacial score (nSPS) is 10.8. The van der Waals surface area contributed by atoms with E-state index in [-0.39, 0.29) is 34.7 Å². The third kappa shape index (κ3) is 5.65. The second-order valence-electron chi connectivity index (χ2n) is 6.74. The molecule has 1 aromatic carbocycles. The van der Waals surface area contributed by atoms with Gasteiger partial charge < -0.3 is 14.5 Å². The number of carbonyl (C=O) groups is 1. The molecule has 0 aliphatic rings. The first-order valence-corrected chi connectivity index (χ1v) is 10.6. The summed E-state index contributed by atoms with van der Waals surface area (Å²) >= 11 is 9.50. The van der Waals surface area contributed by atoms with Gasteiger partial charge in [-0.3, -0.25) is 19.6 Å². The van der Waals surface area contributed by atoms with Crippen LogP contribution in [0.15, 0.2) is 39.2 Å². The van der Waals surface area contributed by atoms with E-state index in [9.17, 15) is 14.9 Å². The van der Waals surface area contributed by atoms with Crippen LogP contribution in [0.4, 0.5) is 5.69 Å². The van der Waals surface area contributed by atoms with E-state index >= 15 is 0 Å². The highest BCUT2D eigenvalue weighted by atomic mass is 79.9. The summed E-state index contributed by atoms with van der Waals surface area (Å²) in [6.07, 6.45) is 0.710. The number of rotatable bonds is 9. The summed E-state index contributed by atoms with van der Waals surface area (Å²) in [4.78, 5) is 22.6. The Morgan fingerprint density at radius 2 is 2.13 bits per heavy atom. The number of aromatic nitrogens is 2. The molecule has 0 saturated carbocycles. The lowest BCUT2D eigenvalue weighted by atomic mass is 10.3. The lowest BCUT2D eigenvalue weighted by Gasteiger charge is -2.07. The third-order valence-electron chi connectivity index (χ3n) is 4.51. The van der Waals surface area contributed by atoms with Gasteiger partial charge in [0.05, 0.1) is 26.2 Å². The van der Waals surface area contributed by atoms with Gasteiger partial charge >= 0.3 is 0 Å². The van der Waals surface area contributed by atoms with Crippen LogP contribution in [0.1, 0.15) is 34.1 Å². The minimum absolute atomic E-state index is 0.0268. The third-order valence-corrected chi connectivity index (χ3v) is 5.97. The van der Waals surface area contributed by atoms with E-state index < -0.39 is 4.92 Å². The molecule has 1 N–H and O–H groups in total. The first-order valence-electron chi connectivity index (χ1n) is 9.39. The number of amides is 1. The van der Waals surface area contributed by atoms with Crippen LogP contribution >= 0.6 is 27.5 Å². The van der Waals surface area contributed by atoms with E-state index in [0.717, 1.165) is 15.9 Å². The first-order chi connectivity index (χ1) is 14.8. The number of ether oxygens (including phenoxy) is 1. The number of halogens is 2. The van der Waals surface area contributed by atoms with Crippen molar-refractivity contribution in [2.45, 2.75) is 33.4 Å². The van der Waals surface area contributed by atoms with E-state index in [2.05, 4.69) is 26.3 Å². The predicted octanol–water partition coefficient (Wildman–Crippen LogP) is 4.82. The summed E-state index contributed by atoms with van der Waals surface area (Å²) in [5.41, 5.74) is 1.84. The number of non-ortho nitro benzene ring substituents is 1. The minimum atomic E-state index is -0.536. The number of hydrogen-bond acceptors (Lipinski definition) is 6. The van der Waals surface area contributed by atoms with Gasteiger partial charge in [0.25, 0.3) is 11.6 Å². The van der Waals surface area contributed by atoms with Crippen molar-refractivity contribution >= 4 is 39.1 Å². The molecule has 1 amide bonds. The topological polar surface area (TPSA) is 112 Å².